The summed E-state index contributed by atoms with van der Waals surface area (Å²) in [5.74, 6) is 0.507. The fraction of sp³-hybridized carbons (Fsp3) is 0.600. The molecular weight excluding hydrogens is 224 g/mol. The molecule has 1 aromatic carbocycles. The quantitative estimate of drug-likeness (QED) is 0.887. The molecule has 2 rings (SSSR count). The van der Waals surface area contributed by atoms with Gasteiger partial charge in [-0.15, -0.1) is 0 Å². The standard InChI is InChI=1S/C15H24N2O/c1-12-5-4-6-14(9-12)17(3)15(2,11-16)13-7-8-18-10-13/h4-6,9,13H,7-8,10-11,16H2,1-3H3. The van der Waals surface area contributed by atoms with Gasteiger partial charge >= 0.3 is 0 Å². The number of hydrogen-bond donors (Lipinski definition) is 1. The first-order valence-corrected chi connectivity index (χ1v) is 6.66. The van der Waals surface area contributed by atoms with Gasteiger partial charge in [0.15, 0.2) is 0 Å². The zero-order chi connectivity index (χ0) is 13.2. The molecule has 2 N–H and O–H groups in total. The van der Waals surface area contributed by atoms with E-state index in [0.29, 0.717) is 12.5 Å². The molecule has 1 aliphatic rings. The van der Waals surface area contributed by atoms with Gasteiger partial charge in [-0.25, -0.2) is 0 Å². The third kappa shape index (κ3) is 2.38. The smallest absolute Gasteiger partial charge is 0.0543 e. The van der Waals surface area contributed by atoms with E-state index in [2.05, 4.69) is 50.1 Å². The summed E-state index contributed by atoms with van der Waals surface area (Å²) in [4.78, 5) is 2.32. The largest absolute Gasteiger partial charge is 0.381 e. The molecule has 0 spiro atoms. The highest BCUT2D eigenvalue weighted by atomic mass is 16.5. The van der Waals surface area contributed by atoms with Crippen molar-refractivity contribution in [3.8, 4) is 0 Å². The first kappa shape index (κ1) is 13.4. The first-order chi connectivity index (χ1) is 8.58. The van der Waals surface area contributed by atoms with E-state index in [1.807, 2.05) is 0 Å². The average molecular weight is 248 g/mol. The van der Waals surface area contributed by atoms with Crippen molar-refractivity contribution in [3.05, 3.63) is 29.8 Å². The maximum Gasteiger partial charge on any atom is 0.0543 e. The lowest BCUT2D eigenvalue weighted by Crippen LogP contribution is -2.55. The summed E-state index contributed by atoms with van der Waals surface area (Å²) >= 11 is 0. The number of nitrogens with zero attached hydrogens (tertiary/aromatic N) is 1. The lowest BCUT2D eigenvalue weighted by Gasteiger charge is -2.43. The van der Waals surface area contributed by atoms with Crippen molar-refractivity contribution in [3.63, 3.8) is 0 Å². The number of likely N-dealkylation sites (N-methyl/N-ethyl adjacent to an activating group) is 1. The first-order valence-electron chi connectivity index (χ1n) is 6.66. The maximum absolute atomic E-state index is 6.07. The van der Waals surface area contributed by atoms with Crippen LogP contribution >= 0.6 is 0 Å². The van der Waals surface area contributed by atoms with Crippen molar-refractivity contribution >= 4 is 5.69 Å². The fourth-order valence-corrected chi connectivity index (χ4v) is 2.73. The van der Waals surface area contributed by atoms with Crippen molar-refractivity contribution in [1.29, 1.82) is 0 Å². The minimum absolute atomic E-state index is 0.0374. The Morgan fingerprint density at radius 3 is 2.83 bits per heavy atom. The third-order valence-electron chi connectivity index (χ3n) is 4.38. The molecule has 0 saturated carbocycles. The minimum Gasteiger partial charge on any atom is -0.381 e. The van der Waals surface area contributed by atoms with E-state index in [4.69, 9.17) is 10.5 Å². The van der Waals surface area contributed by atoms with Crippen LogP contribution in [0.25, 0.3) is 0 Å². The van der Waals surface area contributed by atoms with Gasteiger partial charge in [0.25, 0.3) is 0 Å². The van der Waals surface area contributed by atoms with Crippen LogP contribution in [0, 0.1) is 12.8 Å². The van der Waals surface area contributed by atoms with E-state index < -0.39 is 0 Å². The number of ether oxygens (including phenoxy) is 1. The second-order valence-electron chi connectivity index (χ2n) is 5.52. The van der Waals surface area contributed by atoms with E-state index in [9.17, 15) is 0 Å². The van der Waals surface area contributed by atoms with Gasteiger partial charge in [0.1, 0.15) is 0 Å². The predicted octanol–water partition coefficient (Wildman–Crippen LogP) is 2.19. The van der Waals surface area contributed by atoms with E-state index in [0.717, 1.165) is 19.6 Å². The summed E-state index contributed by atoms with van der Waals surface area (Å²) in [6.07, 6.45) is 1.10. The lowest BCUT2D eigenvalue weighted by atomic mass is 9.83. The molecule has 0 amide bonds. The van der Waals surface area contributed by atoms with E-state index >= 15 is 0 Å². The molecule has 2 unspecified atom stereocenters. The molecule has 1 aliphatic heterocycles. The number of nitrogens with two attached hydrogens (primary N) is 1. The molecule has 3 nitrogen and oxygen atoms in total. The number of rotatable bonds is 4. The summed E-state index contributed by atoms with van der Waals surface area (Å²) in [6, 6.07) is 8.58. The molecule has 1 saturated heterocycles. The molecule has 0 radical (unpaired) electrons. The zero-order valence-electron chi connectivity index (χ0n) is 11.6. The predicted molar refractivity (Wildman–Crippen MR) is 76.0 cm³/mol. The summed E-state index contributed by atoms with van der Waals surface area (Å²) in [6.45, 7) is 6.70. The maximum atomic E-state index is 6.07. The van der Waals surface area contributed by atoms with Crippen molar-refractivity contribution in [2.45, 2.75) is 25.8 Å². The van der Waals surface area contributed by atoms with Crippen molar-refractivity contribution < 1.29 is 4.74 Å². The minimum atomic E-state index is -0.0374. The van der Waals surface area contributed by atoms with E-state index in [-0.39, 0.29) is 5.54 Å². The second-order valence-corrected chi connectivity index (χ2v) is 5.52. The fourth-order valence-electron chi connectivity index (χ4n) is 2.73. The monoisotopic (exact) mass is 248 g/mol. The van der Waals surface area contributed by atoms with E-state index in [1.165, 1.54) is 11.3 Å². The summed E-state index contributed by atoms with van der Waals surface area (Å²) < 4.78 is 5.53. The van der Waals surface area contributed by atoms with Crippen LogP contribution in [0.4, 0.5) is 5.69 Å². The summed E-state index contributed by atoms with van der Waals surface area (Å²) in [7, 11) is 2.14. The Morgan fingerprint density at radius 1 is 1.50 bits per heavy atom. The van der Waals surface area contributed by atoms with Gasteiger partial charge in [0, 0.05) is 31.8 Å². The van der Waals surface area contributed by atoms with E-state index in [1.54, 1.807) is 0 Å². The van der Waals surface area contributed by atoms with Crippen LogP contribution in [0.1, 0.15) is 18.9 Å². The highest BCUT2D eigenvalue weighted by molar-refractivity contribution is 5.50. The molecule has 3 heteroatoms. The highest BCUT2D eigenvalue weighted by Crippen LogP contribution is 2.33. The molecule has 1 aromatic rings. The van der Waals surface area contributed by atoms with Gasteiger partial charge < -0.3 is 15.4 Å². The van der Waals surface area contributed by atoms with Crippen LogP contribution in [0.2, 0.25) is 0 Å². The molecule has 0 aliphatic carbocycles. The number of hydrogen-bond acceptors (Lipinski definition) is 3. The van der Waals surface area contributed by atoms with Crippen molar-refractivity contribution in [1.82, 2.24) is 0 Å². The summed E-state index contributed by atoms with van der Waals surface area (Å²) in [5, 5.41) is 0. The topological polar surface area (TPSA) is 38.5 Å². The lowest BCUT2D eigenvalue weighted by molar-refractivity contribution is 0.166. The van der Waals surface area contributed by atoms with Crippen LogP contribution in [-0.4, -0.2) is 32.3 Å². The van der Waals surface area contributed by atoms with Crippen LogP contribution in [0.5, 0.6) is 0 Å². The second kappa shape index (κ2) is 5.29. The normalized spacial score (nSPS) is 22.8. The highest BCUT2D eigenvalue weighted by Gasteiger charge is 2.39. The molecule has 0 bridgehead atoms. The molecule has 1 fully saturated rings. The Morgan fingerprint density at radius 2 is 2.28 bits per heavy atom. The Labute approximate surface area is 110 Å². The van der Waals surface area contributed by atoms with Gasteiger partial charge in [-0.2, -0.15) is 0 Å². The van der Waals surface area contributed by atoms with Crippen LogP contribution in [0.15, 0.2) is 24.3 Å². The van der Waals surface area contributed by atoms with Crippen LogP contribution in [0.3, 0.4) is 0 Å². The van der Waals surface area contributed by atoms with Crippen molar-refractivity contribution in [2.75, 3.05) is 31.7 Å². The summed E-state index contributed by atoms with van der Waals surface area (Å²) in [5.41, 5.74) is 8.54. The Hall–Kier alpha value is -1.06. The third-order valence-corrected chi connectivity index (χ3v) is 4.38. The van der Waals surface area contributed by atoms with Gasteiger partial charge in [0.05, 0.1) is 12.1 Å². The number of benzene rings is 1. The van der Waals surface area contributed by atoms with Gasteiger partial charge in [-0.3, -0.25) is 0 Å². The Bertz CT molecular complexity index is 401. The molecule has 1 heterocycles. The molecule has 2 atom stereocenters. The van der Waals surface area contributed by atoms with Gasteiger partial charge in [-0.1, -0.05) is 12.1 Å². The Kier molecular flexibility index (Phi) is 3.93. The molecular formula is C15H24N2O. The number of aryl methyl sites for hydroxylation is 1. The van der Waals surface area contributed by atoms with Crippen LogP contribution < -0.4 is 10.6 Å². The van der Waals surface area contributed by atoms with Crippen LogP contribution in [-0.2, 0) is 4.74 Å². The molecule has 18 heavy (non-hydrogen) atoms. The van der Waals surface area contributed by atoms with Gasteiger partial charge in [-0.05, 0) is 38.0 Å². The average Bonchev–Trinajstić information content (AvgIpc) is 2.91. The van der Waals surface area contributed by atoms with Gasteiger partial charge in [0.2, 0.25) is 0 Å². The SMILES string of the molecule is Cc1cccc(N(C)C(C)(CN)C2CCOC2)c1. The molecule has 100 valence electrons. The zero-order valence-corrected chi connectivity index (χ0v) is 11.6. The Balaban J connectivity index is 2.26. The molecule has 0 aromatic heterocycles. The van der Waals surface area contributed by atoms with Crippen molar-refractivity contribution in [2.24, 2.45) is 11.7 Å². The number of anilines is 1.